The normalized spacial score (nSPS) is 17.4. The molecule has 0 spiro atoms. The van der Waals surface area contributed by atoms with Crippen LogP contribution in [0.4, 0.5) is 5.69 Å². The van der Waals surface area contributed by atoms with Crippen LogP contribution in [-0.2, 0) is 14.4 Å². The molecule has 1 saturated heterocycles. The number of nitrogens with zero attached hydrogens (tertiary/aromatic N) is 1. The van der Waals surface area contributed by atoms with E-state index in [0.29, 0.717) is 24.4 Å². The molecule has 0 saturated carbocycles. The molecular formula is C18H25N3O5. The molecule has 1 fully saturated rings. The first kappa shape index (κ1) is 19.7. The van der Waals surface area contributed by atoms with Crippen molar-refractivity contribution in [2.24, 2.45) is 0 Å². The number of carboxylic acid groups (broad SMARTS) is 1. The van der Waals surface area contributed by atoms with Gasteiger partial charge in [0.1, 0.15) is 11.8 Å². The van der Waals surface area contributed by atoms with Crippen molar-refractivity contribution in [2.75, 3.05) is 32.1 Å². The van der Waals surface area contributed by atoms with E-state index in [1.165, 1.54) is 7.11 Å². The zero-order chi connectivity index (χ0) is 19.1. The lowest BCUT2D eigenvalue weighted by molar-refractivity contribution is -0.145. The summed E-state index contributed by atoms with van der Waals surface area (Å²) in [6.07, 6.45) is 2.25. The van der Waals surface area contributed by atoms with Crippen molar-refractivity contribution >= 4 is 23.5 Å². The van der Waals surface area contributed by atoms with Gasteiger partial charge in [-0.25, -0.2) is 0 Å². The van der Waals surface area contributed by atoms with Crippen LogP contribution < -0.4 is 15.4 Å². The molecule has 1 aliphatic rings. The second-order valence-corrected chi connectivity index (χ2v) is 6.35. The average molecular weight is 363 g/mol. The Bertz CT molecular complexity index is 677. The zero-order valence-corrected chi connectivity index (χ0v) is 15.1. The first-order valence-corrected chi connectivity index (χ1v) is 8.58. The number of aryl methyl sites for hydroxylation is 1. The Morgan fingerprint density at radius 3 is 2.73 bits per heavy atom. The minimum absolute atomic E-state index is 0.0297. The highest BCUT2D eigenvalue weighted by molar-refractivity contribution is 5.96. The summed E-state index contributed by atoms with van der Waals surface area (Å²) in [5.74, 6) is -1.13. The molecule has 0 radical (unpaired) electrons. The highest BCUT2D eigenvalue weighted by atomic mass is 16.5. The van der Waals surface area contributed by atoms with Gasteiger partial charge in [0.25, 0.3) is 0 Å². The third-order valence-electron chi connectivity index (χ3n) is 4.32. The summed E-state index contributed by atoms with van der Waals surface area (Å²) in [6, 6.07) is 4.77. The minimum Gasteiger partial charge on any atom is -0.495 e. The van der Waals surface area contributed by atoms with Gasteiger partial charge in [0.2, 0.25) is 11.8 Å². The number of hydrogen-bond donors (Lipinski definition) is 3. The van der Waals surface area contributed by atoms with Gasteiger partial charge >= 0.3 is 5.97 Å². The van der Waals surface area contributed by atoms with E-state index in [9.17, 15) is 19.5 Å². The van der Waals surface area contributed by atoms with Gasteiger partial charge < -0.3 is 20.5 Å². The highest BCUT2D eigenvalue weighted by Gasteiger charge is 2.29. The monoisotopic (exact) mass is 363 g/mol. The Labute approximate surface area is 152 Å². The number of aliphatic carboxylic acids is 1. The number of likely N-dealkylation sites (tertiary alicyclic amines) is 1. The van der Waals surface area contributed by atoms with Crippen molar-refractivity contribution < 1.29 is 24.2 Å². The number of amides is 2. The van der Waals surface area contributed by atoms with Crippen LogP contribution in [0.2, 0.25) is 0 Å². The number of carboxylic acids is 1. The third kappa shape index (κ3) is 5.45. The SMILES string of the molecule is COc1ccc(C)cc1NC(=O)CNC(=O)CN1CCCCC1C(=O)O. The van der Waals surface area contributed by atoms with E-state index in [-0.39, 0.29) is 24.9 Å². The van der Waals surface area contributed by atoms with Gasteiger partial charge in [0.05, 0.1) is 25.9 Å². The molecule has 3 N–H and O–H groups in total. The molecule has 0 bridgehead atoms. The second-order valence-electron chi connectivity index (χ2n) is 6.35. The van der Waals surface area contributed by atoms with E-state index >= 15 is 0 Å². The minimum atomic E-state index is -0.915. The predicted molar refractivity (Wildman–Crippen MR) is 96.2 cm³/mol. The van der Waals surface area contributed by atoms with Crippen molar-refractivity contribution in [2.45, 2.75) is 32.2 Å². The summed E-state index contributed by atoms with van der Waals surface area (Å²) in [6.45, 7) is 2.24. The molecule has 1 aromatic carbocycles. The lowest BCUT2D eigenvalue weighted by Gasteiger charge is -2.32. The van der Waals surface area contributed by atoms with Crippen molar-refractivity contribution in [3.05, 3.63) is 23.8 Å². The van der Waals surface area contributed by atoms with E-state index in [4.69, 9.17) is 4.74 Å². The topological polar surface area (TPSA) is 108 Å². The number of carbonyl (C=O) groups is 3. The van der Waals surface area contributed by atoms with Crippen LogP contribution >= 0.6 is 0 Å². The quantitative estimate of drug-likeness (QED) is 0.667. The van der Waals surface area contributed by atoms with Gasteiger partial charge in [-0.15, -0.1) is 0 Å². The summed E-state index contributed by atoms with van der Waals surface area (Å²) in [7, 11) is 1.51. The molecular weight excluding hydrogens is 338 g/mol. The van der Waals surface area contributed by atoms with Crippen LogP contribution in [0.25, 0.3) is 0 Å². The van der Waals surface area contributed by atoms with Crippen LogP contribution in [0.3, 0.4) is 0 Å². The number of carbonyl (C=O) groups excluding carboxylic acids is 2. The van der Waals surface area contributed by atoms with Gasteiger partial charge in [0.15, 0.2) is 0 Å². The van der Waals surface area contributed by atoms with Crippen LogP contribution in [0.5, 0.6) is 5.75 Å². The molecule has 1 aliphatic heterocycles. The third-order valence-corrected chi connectivity index (χ3v) is 4.32. The molecule has 1 atom stereocenters. The number of rotatable bonds is 7. The maximum atomic E-state index is 12.1. The Kier molecular flexibility index (Phi) is 6.97. The fraction of sp³-hybridized carbons (Fsp3) is 0.500. The van der Waals surface area contributed by atoms with E-state index < -0.39 is 12.0 Å². The molecule has 1 aromatic rings. The Balaban J connectivity index is 1.84. The largest absolute Gasteiger partial charge is 0.495 e. The fourth-order valence-corrected chi connectivity index (χ4v) is 2.99. The summed E-state index contributed by atoms with van der Waals surface area (Å²) < 4.78 is 5.20. The molecule has 1 heterocycles. The van der Waals surface area contributed by atoms with Gasteiger partial charge in [-0.05, 0) is 44.0 Å². The van der Waals surface area contributed by atoms with Crippen LogP contribution in [0.1, 0.15) is 24.8 Å². The van der Waals surface area contributed by atoms with Crippen LogP contribution in [0.15, 0.2) is 18.2 Å². The number of nitrogens with one attached hydrogen (secondary N) is 2. The molecule has 2 rings (SSSR count). The van der Waals surface area contributed by atoms with Crippen molar-refractivity contribution in [3.8, 4) is 5.75 Å². The molecule has 0 aliphatic carbocycles. The van der Waals surface area contributed by atoms with Crippen molar-refractivity contribution in [1.29, 1.82) is 0 Å². The Morgan fingerprint density at radius 2 is 2.04 bits per heavy atom. The highest BCUT2D eigenvalue weighted by Crippen LogP contribution is 2.24. The number of piperidine rings is 1. The summed E-state index contributed by atoms with van der Waals surface area (Å²) >= 11 is 0. The van der Waals surface area contributed by atoms with Crippen LogP contribution in [0, 0.1) is 6.92 Å². The predicted octanol–water partition coefficient (Wildman–Crippen LogP) is 0.997. The first-order chi connectivity index (χ1) is 12.4. The van der Waals surface area contributed by atoms with E-state index in [1.54, 1.807) is 17.0 Å². The maximum absolute atomic E-state index is 12.1. The Morgan fingerprint density at radius 1 is 1.27 bits per heavy atom. The smallest absolute Gasteiger partial charge is 0.320 e. The van der Waals surface area contributed by atoms with Crippen molar-refractivity contribution in [1.82, 2.24) is 10.2 Å². The average Bonchev–Trinajstić information content (AvgIpc) is 2.60. The van der Waals surface area contributed by atoms with Gasteiger partial charge in [-0.2, -0.15) is 0 Å². The number of methoxy groups -OCH3 is 1. The number of hydrogen-bond acceptors (Lipinski definition) is 5. The molecule has 1 unspecified atom stereocenters. The number of benzene rings is 1. The lowest BCUT2D eigenvalue weighted by Crippen LogP contribution is -2.49. The molecule has 8 nitrogen and oxygen atoms in total. The van der Waals surface area contributed by atoms with Gasteiger partial charge in [0, 0.05) is 0 Å². The van der Waals surface area contributed by atoms with Gasteiger partial charge in [-0.3, -0.25) is 19.3 Å². The summed E-state index contributed by atoms with van der Waals surface area (Å²) in [5, 5.41) is 14.5. The first-order valence-electron chi connectivity index (χ1n) is 8.58. The standard InChI is InChI=1S/C18H25N3O5/c1-12-6-7-15(26-2)13(9-12)20-16(22)10-19-17(23)11-21-8-4-3-5-14(21)18(24)25/h6-7,9,14H,3-5,8,10-11H2,1-2H3,(H,19,23)(H,20,22)(H,24,25). The Hall–Kier alpha value is -2.61. The molecule has 8 heteroatoms. The van der Waals surface area contributed by atoms with E-state index in [1.807, 2.05) is 13.0 Å². The maximum Gasteiger partial charge on any atom is 0.320 e. The summed E-state index contributed by atoms with van der Waals surface area (Å²) in [5.41, 5.74) is 1.50. The lowest BCUT2D eigenvalue weighted by atomic mass is 10.0. The van der Waals surface area contributed by atoms with Crippen molar-refractivity contribution in [3.63, 3.8) is 0 Å². The molecule has 0 aromatic heterocycles. The zero-order valence-electron chi connectivity index (χ0n) is 15.1. The van der Waals surface area contributed by atoms with Crippen LogP contribution in [-0.4, -0.2) is 60.6 Å². The fourth-order valence-electron chi connectivity index (χ4n) is 2.99. The molecule has 26 heavy (non-hydrogen) atoms. The molecule has 2 amide bonds. The van der Waals surface area contributed by atoms with E-state index in [0.717, 1.165) is 18.4 Å². The number of anilines is 1. The number of ether oxygens (including phenoxy) is 1. The van der Waals surface area contributed by atoms with Gasteiger partial charge in [-0.1, -0.05) is 12.5 Å². The van der Waals surface area contributed by atoms with E-state index in [2.05, 4.69) is 10.6 Å². The summed E-state index contributed by atoms with van der Waals surface area (Å²) in [4.78, 5) is 37.0. The molecule has 142 valence electrons. The second kappa shape index (κ2) is 9.19.